The van der Waals surface area contributed by atoms with Gasteiger partial charge < -0.3 is 14.8 Å². The predicted molar refractivity (Wildman–Crippen MR) is 68.8 cm³/mol. The van der Waals surface area contributed by atoms with E-state index in [1.165, 1.54) is 0 Å². The highest BCUT2D eigenvalue weighted by molar-refractivity contribution is 4.67. The number of rotatable bonds is 10. The van der Waals surface area contributed by atoms with Crippen molar-refractivity contribution < 1.29 is 9.47 Å². The summed E-state index contributed by atoms with van der Waals surface area (Å²) in [6.45, 7) is 12.3. The first-order chi connectivity index (χ1) is 7.57. The molecule has 0 spiro atoms. The fourth-order valence-corrected chi connectivity index (χ4v) is 1.54. The molecule has 3 nitrogen and oxygen atoms in total. The van der Waals surface area contributed by atoms with E-state index in [0.717, 1.165) is 19.6 Å². The van der Waals surface area contributed by atoms with Crippen LogP contribution in [0.5, 0.6) is 0 Å². The summed E-state index contributed by atoms with van der Waals surface area (Å²) in [5, 5.41) is 3.50. The van der Waals surface area contributed by atoms with Gasteiger partial charge in [0.1, 0.15) is 0 Å². The second-order valence-electron chi connectivity index (χ2n) is 4.96. The highest BCUT2D eigenvalue weighted by Crippen LogP contribution is 2.14. The van der Waals surface area contributed by atoms with E-state index in [2.05, 4.69) is 33.0 Å². The minimum Gasteiger partial charge on any atom is -0.382 e. The van der Waals surface area contributed by atoms with Crippen molar-refractivity contribution >= 4 is 0 Å². The third kappa shape index (κ3) is 9.13. The van der Waals surface area contributed by atoms with Crippen LogP contribution in [0.3, 0.4) is 0 Å². The van der Waals surface area contributed by atoms with E-state index in [1.807, 2.05) is 0 Å². The number of methoxy groups -OCH3 is 1. The molecule has 0 heterocycles. The van der Waals surface area contributed by atoms with Crippen molar-refractivity contribution in [3.8, 4) is 0 Å². The Kier molecular flexibility index (Phi) is 9.99. The van der Waals surface area contributed by atoms with Crippen LogP contribution in [0.2, 0.25) is 0 Å². The molecule has 0 saturated carbocycles. The molecule has 0 radical (unpaired) electrons. The van der Waals surface area contributed by atoms with Gasteiger partial charge in [-0.25, -0.2) is 0 Å². The first kappa shape index (κ1) is 15.9. The number of hydrogen-bond donors (Lipinski definition) is 1. The minimum atomic E-state index is 0.565. The lowest BCUT2D eigenvalue weighted by Crippen LogP contribution is -2.32. The van der Waals surface area contributed by atoms with Crippen LogP contribution < -0.4 is 5.32 Å². The Labute approximate surface area is 101 Å². The second-order valence-corrected chi connectivity index (χ2v) is 4.96. The average Bonchev–Trinajstić information content (AvgIpc) is 2.21. The minimum absolute atomic E-state index is 0.565. The topological polar surface area (TPSA) is 30.5 Å². The van der Waals surface area contributed by atoms with Gasteiger partial charge in [-0.1, -0.05) is 27.7 Å². The van der Waals surface area contributed by atoms with Crippen molar-refractivity contribution in [2.75, 3.05) is 33.5 Å². The maximum Gasteiger partial charge on any atom is 0.0700 e. The molecule has 0 aromatic heterocycles. The summed E-state index contributed by atoms with van der Waals surface area (Å²) in [5.74, 6) is 1.40. The highest BCUT2D eigenvalue weighted by Gasteiger charge is 2.13. The van der Waals surface area contributed by atoms with Crippen molar-refractivity contribution in [3.63, 3.8) is 0 Å². The lowest BCUT2D eigenvalue weighted by molar-refractivity contribution is 0.0604. The van der Waals surface area contributed by atoms with Gasteiger partial charge in [0.15, 0.2) is 0 Å². The third-order valence-electron chi connectivity index (χ3n) is 2.80. The predicted octanol–water partition coefficient (Wildman–Crippen LogP) is 2.31. The summed E-state index contributed by atoms with van der Waals surface area (Å²) in [6.07, 6.45) is 1.13. The van der Waals surface area contributed by atoms with Crippen molar-refractivity contribution in [1.82, 2.24) is 5.32 Å². The van der Waals surface area contributed by atoms with Crippen molar-refractivity contribution in [2.45, 2.75) is 40.2 Å². The van der Waals surface area contributed by atoms with Gasteiger partial charge in [-0.15, -0.1) is 0 Å². The molecule has 0 rings (SSSR count). The Bertz CT molecular complexity index is 149. The van der Waals surface area contributed by atoms with Crippen LogP contribution in [-0.4, -0.2) is 39.5 Å². The molecule has 3 heteroatoms. The standard InChI is InChI=1S/C13H29NO2/c1-11(2)13(10-14-12(3)4)6-7-16-9-8-15-5/h11-14H,6-10H2,1-5H3. The van der Waals surface area contributed by atoms with Gasteiger partial charge in [-0.3, -0.25) is 0 Å². The zero-order valence-electron chi connectivity index (χ0n) is 11.6. The van der Waals surface area contributed by atoms with Gasteiger partial charge in [-0.05, 0) is 24.8 Å². The molecule has 16 heavy (non-hydrogen) atoms. The van der Waals surface area contributed by atoms with Crippen LogP contribution in [0.25, 0.3) is 0 Å². The zero-order chi connectivity index (χ0) is 12.4. The van der Waals surface area contributed by atoms with Crippen LogP contribution in [0.1, 0.15) is 34.1 Å². The number of nitrogens with one attached hydrogen (secondary N) is 1. The van der Waals surface area contributed by atoms with Crippen LogP contribution in [0.4, 0.5) is 0 Å². The molecule has 0 saturated heterocycles. The lowest BCUT2D eigenvalue weighted by atomic mass is 9.92. The summed E-state index contributed by atoms with van der Waals surface area (Å²) in [4.78, 5) is 0. The van der Waals surface area contributed by atoms with Crippen LogP contribution >= 0.6 is 0 Å². The Morgan fingerprint density at radius 2 is 1.69 bits per heavy atom. The first-order valence-corrected chi connectivity index (χ1v) is 6.38. The first-order valence-electron chi connectivity index (χ1n) is 6.38. The molecule has 98 valence electrons. The molecule has 0 fully saturated rings. The fourth-order valence-electron chi connectivity index (χ4n) is 1.54. The van der Waals surface area contributed by atoms with Crippen LogP contribution in [-0.2, 0) is 9.47 Å². The summed E-state index contributed by atoms with van der Waals surface area (Å²) < 4.78 is 10.4. The monoisotopic (exact) mass is 231 g/mol. The molecule has 1 N–H and O–H groups in total. The van der Waals surface area contributed by atoms with E-state index in [0.29, 0.717) is 31.1 Å². The summed E-state index contributed by atoms with van der Waals surface area (Å²) in [5.41, 5.74) is 0. The van der Waals surface area contributed by atoms with Crippen molar-refractivity contribution in [3.05, 3.63) is 0 Å². The second kappa shape index (κ2) is 10.1. The van der Waals surface area contributed by atoms with Crippen LogP contribution in [0.15, 0.2) is 0 Å². The summed E-state index contributed by atoms with van der Waals surface area (Å²) in [7, 11) is 1.70. The van der Waals surface area contributed by atoms with E-state index in [4.69, 9.17) is 9.47 Å². The molecule has 0 aromatic carbocycles. The quantitative estimate of drug-likeness (QED) is 0.585. The van der Waals surface area contributed by atoms with E-state index in [-0.39, 0.29) is 0 Å². The van der Waals surface area contributed by atoms with Gasteiger partial charge in [0, 0.05) is 19.8 Å². The molecule has 0 aliphatic carbocycles. The highest BCUT2D eigenvalue weighted by atomic mass is 16.5. The maximum absolute atomic E-state index is 5.51. The Morgan fingerprint density at radius 3 is 2.19 bits per heavy atom. The number of ether oxygens (including phenoxy) is 2. The molecule has 0 aliphatic rings. The largest absolute Gasteiger partial charge is 0.382 e. The molecule has 1 atom stereocenters. The van der Waals surface area contributed by atoms with Gasteiger partial charge in [0.2, 0.25) is 0 Å². The molecule has 1 unspecified atom stereocenters. The molecule has 0 amide bonds. The van der Waals surface area contributed by atoms with E-state index < -0.39 is 0 Å². The Morgan fingerprint density at radius 1 is 1.00 bits per heavy atom. The third-order valence-corrected chi connectivity index (χ3v) is 2.80. The van der Waals surface area contributed by atoms with Gasteiger partial charge in [0.05, 0.1) is 13.2 Å². The van der Waals surface area contributed by atoms with Crippen molar-refractivity contribution in [1.29, 1.82) is 0 Å². The average molecular weight is 231 g/mol. The van der Waals surface area contributed by atoms with Crippen molar-refractivity contribution in [2.24, 2.45) is 11.8 Å². The van der Waals surface area contributed by atoms with E-state index in [1.54, 1.807) is 7.11 Å². The molecular weight excluding hydrogens is 202 g/mol. The Balaban J connectivity index is 3.60. The fraction of sp³-hybridized carbons (Fsp3) is 1.00. The lowest BCUT2D eigenvalue weighted by Gasteiger charge is -2.22. The van der Waals surface area contributed by atoms with Gasteiger partial charge in [0.25, 0.3) is 0 Å². The smallest absolute Gasteiger partial charge is 0.0700 e. The molecular formula is C13H29NO2. The van der Waals surface area contributed by atoms with Gasteiger partial charge >= 0.3 is 0 Å². The van der Waals surface area contributed by atoms with E-state index in [9.17, 15) is 0 Å². The van der Waals surface area contributed by atoms with E-state index >= 15 is 0 Å². The molecule has 0 aliphatic heterocycles. The molecule has 0 bridgehead atoms. The normalized spacial score (nSPS) is 13.7. The van der Waals surface area contributed by atoms with Crippen LogP contribution in [0, 0.1) is 11.8 Å². The summed E-state index contributed by atoms with van der Waals surface area (Å²) >= 11 is 0. The Hall–Kier alpha value is -0.120. The SMILES string of the molecule is COCCOCCC(CNC(C)C)C(C)C. The zero-order valence-corrected chi connectivity index (χ0v) is 11.6. The molecule has 0 aromatic rings. The maximum atomic E-state index is 5.51. The van der Waals surface area contributed by atoms with Gasteiger partial charge in [-0.2, -0.15) is 0 Å². The summed E-state index contributed by atoms with van der Waals surface area (Å²) in [6, 6.07) is 0.565. The number of hydrogen-bond acceptors (Lipinski definition) is 3.